The monoisotopic (exact) mass is 188 g/mol. The molecule has 1 aromatic carbocycles. The average Bonchev–Trinajstić information content (AvgIpc) is 2.17. The van der Waals surface area contributed by atoms with E-state index in [0.717, 1.165) is 16.5 Å². The second-order valence-electron chi connectivity index (χ2n) is 2.78. The molecule has 0 amide bonds. The van der Waals surface area contributed by atoms with Crippen molar-refractivity contribution in [1.29, 1.82) is 0 Å². The first-order chi connectivity index (χ1) is 6.27. The number of nitrogens with zero attached hydrogens (tertiary/aromatic N) is 1. The van der Waals surface area contributed by atoms with E-state index >= 15 is 0 Å². The van der Waals surface area contributed by atoms with Crippen molar-refractivity contribution in [2.45, 2.75) is 0 Å². The minimum atomic E-state index is 0.422. The zero-order chi connectivity index (χ0) is 9.26. The Balaban J connectivity index is 2.69. The van der Waals surface area contributed by atoms with Gasteiger partial charge in [0, 0.05) is 17.1 Å². The molecule has 0 aliphatic heterocycles. The average molecular weight is 188 g/mol. The van der Waals surface area contributed by atoms with Crippen LogP contribution in [0, 0.1) is 0 Å². The van der Waals surface area contributed by atoms with Crippen LogP contribution in [0.3, 0.4) is 0 Å². The molecule has 1 aromatic heterocycles. The Kier molecular flexibility index (Phi) is 1.94. The van der Waals surface area contributed by atoms with Gasteiger partial charge in [0.2, 0.25) is 0 Å². The maximum atomic E-state index is 5.52. The van der Waals surface area contributed by atoms with Crippen LogP contribution >= 0.6 is 12.2 Å². The summed E-state index contributed by atoms with van der Waals surface area (Å²) >= 11 is 4.88. The highest BCUT2D eigenvalue weighted by Crippen LogP contribution is 2.12. The lowest BCUT2D eigenvalue weighted by Gasteiger charge is -1.99. The maximum Gasteiger partial charge on any atom is 0.104 e. The molecule has 2 aromatic rings. The van der Waals surface area contributed by atoms with Crippen LogP contribution in [0.5, 0.6) is 0 Å². The number of benzene rings is 1. The van der Waals surface area contributed by atoms with Gasteiger partial charge < -0.3 is 5.73 Å². The molecular formula is C10H8N2S. The predicted octanol–water partition coefficient (Wildman–Crippen LogP) is 1.87. The first-order valence-electron chi connectivity index (χ1n) is 3.92. The van der Waals surface area contributed by atoms with Crippen molar-refractivity contribution in [2.75, 3.05) is 0 Å². The fourth-order valence-corrected chi connectivity index (χ4v) is 1.36. The van der Waals surface area contributed by atoms with Crippen molar-refractivity contribution in [3.8, 4) is 0 Å². The molecule has 2 rings (SSSR count). The lowest BCUT2D eigenvalue weighted by atomic mass is 10.1. The van der Waals surface area contributed by atoms with Gasteiger partial charge in [-0.25, -0.2) is 0 Å². The van der Waals surface area contributed by atoms with Crippen LogP contribution in [-0.4, -0.2) is 9.97 Å². The lowest BCUT2D eigenvalue weighted by Crippen LogP contribution is -2.08. The van der Waals surface area contributed by atoms with Gasteiger partial charge in [-0.1, -0.05) is 18.3 Å². The smallest absolute Gasteiger partial charge is 0.104 e. The maximum absolute atomic E-state index is 5.52. The SMILES string of the molecule is NC(=S)c1ccc2ncccc2c1. The molecule has 2 nitrogen and oxygen atoms in total. The van der Waals surface area contributed by atoms with Crippen LogP contribution in [0.4, 0.5) is 0 Å². The molecular weight excluding hydrogens is 180 g/mol. The molecule has 1 heterocycles. The number of hydrogen-bond acceptors (Lipinski definition) is 2. The van der Waals surface area contributed by atoms with Crippen molar-refractivity contribution >= 4 is 28.1 Å². The number of nitrogens with two attached hydrogens (primary N) is 1. The summed E-state index contributed by atoms with van der Waals surface area (Å²) in [6.45, 7) is 0. The Morgan fingerprint density at radius 1 is 1.31 bits per heavy atom. The minimum absolute atomic E-state index is 0.422. The van der Waals surface area contributed by atoms with E-state index < -0.39 is 0 Å². The summed E-state index contributed by atoms with van der Waals surface area (Å²) in [5, 5.41) is 1.06. The molecule has 0 bridgehead atoms. The number of thiocarbonyl (C=S) groups is 1. The van der Waals surface area contributed by atoms with E-state index in [1.807, 2.05) is 30.3 Å². The fraction of sp³-hybridized carbons (Fsp3) is 0. The molecule has 0 radical (unpaired) electrons. The van der Waals surface area contributed by atoms with Crippen LogP contribution in [-0.2, 0) is 0 Å². The molecule has 2 N–H and O–H groups in total. The molecule has 64 valence electrons. The summed E-state index contributed by atoms with van der Waals surface area (Å²) in [4.78, 5) is 4.62. The number of rotatable bonds is 1. The topological polar surface area (TPSA) is 38.9 Å². The summed E-state index contributed by atoms with van der Waals surface area (Å²) in [6.07, 6.45) is 1.77. The molecule has 0 saturated heterocycles. The summed E-state index contributed by atoms with van der Waals surface area (Å²) in [5.74, 6) is 0. The first kappa shape index (κ1) is 8.13. The predicted molar refractivity (Wildman–Crippen MR) is 57.6 cm³/mol. The summed E-state index contributed by atoms with van der Waals surface area (Å²) < 4.78 is 0. The van der Waals surface area contributed by atoms with E-state index in [9.17, 15) is 0 Å². The van der Waals surface area contributed by atoms with Crippen LogP contribution in [0.1, 0.15) is 5.56 Å². The van der Waals surface area contributed by atoms with Crippen molar-refractivity contribution in [1.82, 2.24) is 4.98 Å². The van der Waals surface area contributed by atoms with Gasteiger partial charge in [-0.3, -0.25) is 4.98 Å². The number of aromatic nitrogens is 1. The van der Waals surface area contributed by atoms with E-state index in [4.69, 9.17) is 18.0 Å². The van der Waals surface area contributed by atoms with Gasteiger partial charge in [-0.05, 0) is 24.3 Å². The normalized spacial score (nSPS) is 10.2. The lowest BCUT2D eigenvalue weighted by molar-refractivity contribution is 1.41. The largest absolute Gasteiger partial charge is 0.389 e. The first-order valence-corrected chi connectivity index (χ1v) is 4.33. The van der Waals surface area contributed by atoms with E-state index in [1.54, 1.807) is 6.20 Å². The number of hydrogen-bond donors (Lipinski definition) is 1. The summed E-state index contributed by atoms with van der Waals surface area (Å²) in [7, 11) is 0. The highest BCUT2D eigenvalue weighted by atomic mass is 32.1. The highest BCUT2D eigenvalue weighted by molar-refractivity contribution is 7.80. The van der Waals surface area contributed by atoms with Crippen molar-refractivity contribution in [3.63, 3.8) is 0 Å². The second kappa shape index (κ2) is 3.11. The van der Waals surface area contributed by atoms with Crippen LogP contribution < -0.4 is 5.73 Å². The molecule has 0 aliphatic carbocycles. The van der Waals surface area contributed by atoms with Gasteiger partial charge in [0.25, 0.3) is 0 Å². The van der Waals surface area contributed by atoms with Gasteiger partial charge in [0.15, 0.2) is 0 Å². The molecule has 0 fully saturated rings. The highest BCUT2D eigenvalue weighted by Gasteiger charge is 1.97. The Bertz CT molecular complexity index is 465. The van der Waals surface area contributed by atoms with Crippen molar-refractivity contribution in [3.05, 3.63) is 42.1 Å². The Morgan fingerprint density at radius 2 is 2.15 bits per heavy atom. The van der Waals surface area contributed by atoms with Gasteiger partial charge in [-0.2, -0.15) is 0 Å². The van der Waals surface area contributed by atoms with Crippen LogP contribution in [0.2, 0.25) is 0 Å². The zero-order valence-electron chi connectivity index (χ0n) is 6.90. The third kappa shape index (κ3) is 1.51. The van der Waals surface area contributed by atoms with Gasteiger partial charge >= 0.3 is 0 Å². The molecule has 3 heteroatoms. The fourth-order valence-electron chi connectivity index (χ4n) is 1.23. The van der Waals surface area contributed by atoms with Gasteiger partial charge in [0.05, 0.1) is 5.52 Å². The third-order valence-electron chi connectivity index (χ3n) is 1.89. The van der Waals surface area contributed by atoms with Crippen LogP contribution in [0.15, 0.2) is 36.5 Å². The van der Waals surface area contributed by atoms with E-state index in [2.05, 4.69) is 4.98 Å². The molecule has 0 saturated carbocycles. The number of fused-ring (bicyclic) bond motifs is 1. The van der Waals surface area contributed by atoms with Crippen molar-refractivity contribution < 1.29 is 0 Å². The molecule has 0 unspecified atom stereocenters. The standard InChI is InChI=1S/C10H8N2S/c11-10(13)8-3-4-9-7(6-8)2-1-5-12-9/h1-6H,(H2,11,13). The zero-order valence-corrected chi connectivity index (χ0v) is 7.71. The Labute approximate surface area is 81.4 Å². The van der Waals surface area contributed by atoms with E-state index in [-0.39, 0.29) is 0 Å². The molecule has 0 spiro atoms. The number of pyridine rings is 1. The van der Waals surface area contributed by atoms with Crippen molar-refractivity contribution in [2.24, 2.45) is 5.73 Å². The molecule has 0 aliphatic rings. The van der Waals surface area contributed by atoms with Crippen LogP contribution in [0.25, 0.3) is 10.9 Å². The summed E-state index contributed by atoms with van der Waals surface area (Å²) in [5.41, 5.74) is 7.36. The van der Waals surface area contributed by atoms with Gasteiger partial charge in [0.1, 0.15) is 4.99 Å². The summed E-state index contributed by atoms with van der Waals surface area (Å²) in [6, 6.07) is 9.64. The molecule has 13 heavy (non-hydrogen) atoms. The molecule has 0 atom stereocenters. The van der Waals surface area contributed by atoms with E-state index in [0.29, 0.717) is 4.99 Å². The Hall–Kier alpha value is -1.48. The van der Waals surface area contributed by atoms with Gasteiger partial charge in [-0.15, -0.1) is 0 Å². The quantitative estimate of drug-likeness (QED) is 0.694. The second-order valence-corrected chi connectivity index (χ2v) is 3.21. The van der Waals surface area contributed by atoms with E-state index in [1.165, 1.54) is 0 Å². The third-order valence-corrected chi connectivity index (χ3v) is 2.12. The Morgan fingerprint density at radius 3 is 2.92 bits per heavy atom. The minimum Gasteiger partial charge on any atom is -0.389 e.